The minimum Gasteiger partial charge on any atom is -0.481 e. The minimum atomic E-state index is -0.838. The van der Waals surface area contributed by atoms with Crippen molar-refractivity contribution in [3.05, 3.63) is 18.0 Å². The Hall–Kier alpha value is -2.05. The van der Waals surface area contributed by atoms with Crippen molar-refractivity contribution < 1.29 is 14.7 Å². The van der Waals surface area contributed by atoms with E-state index in [4.69, 9.17) is 5.11 Å². The van der Waals surface area contributed by atoms with E-state index < -0.39 is 11.9 Å². The van der Waals surface area contributed by atoms with Gasteiger partial charge in [-0.05, 0) is 5.92 Å². The van der Waals surface area contributed by atoms with Crippen LogP contribution in [0, 0.1) is 11.8 Å². The predicted octanol–water partition coefficient (Wildman–Crippen LogP) is 0.282. The first-order valence-corrected chi connectivity index (χ1v) is 6.20. The van der Waals surface area contributed by atoms with Gasteiger partial charge in [0.05, 0.1) is 12.1 Å². The Bertz CT molecular complexity index is 485. The molecule has 7 heteroatoms. The molecule has 0 radical (unpaired) electrons. The normalized spacial score (nSPS) is 22.5. The van der Waals surface area contributed by atoms with Gasteiger partial charge in [0, 0.05) is 38.4 Å². The lowest BCUT2D eigenvalue weighted by atomic mass is 9.99. The Morgan fingerprint density at radius 2 is 2.26 bits per heavy atom. The van der Waals surface area contributed by atoms with Gasteiger partial charge in [-0.3, -0.25) is 9.48 Å². The fourth-order valence-electron chi connectivity index (χ4n) is 2.31. The summed E-state index contributed by atoms with van der Waals surface area (Å²) in [6.07, 6.45) is 3.51. The molecule has 1 aromatic rings. The lowest BCUT2D eigenvalue weighted by Crippen LogP contribution is -2.38. The fourth-order valence-corrected chi connectivity index (χ4v) is 2.31. The highest BCUT2D eigenvalue weighted by Crippen LogP contribution is 2.22. The van der Waals surface area contributed by atoms with Crippen LogP contribution in [0.4, 0.5) is 4.79 Å². The van der Waals surface area contributed by atoms with E-state index in [1.807, 2.05) is 20.2 Å². The van der Waals surface area contributed by atoms with Crippen LogP contribution in [0.1, 0.15) is 12.5 Å². The van der Waals surface area contributed by atoms with Gasteiger partial charge in [-0.15, -0.1) is 0 Å². The van der Waals surface area contributed by atoms with Crippen LogP contribution in [0.15, 0.2) is 12.4 Å². The highest BCUT2D eigenvalue weighted by molar-refractivity contribution is 5.77. The molecule has 0 saturated carbocycles. The first kappa shape index (κ1) is 13.4. The molecule has 2 heterocycles. The summed E-state index contributed by atoms with van der Waals surface area (Å²) in [5, 5.41) is 15.8. The number of amides is 2. The number of likely N-dealkylation sites (tertiary alicyclic amines) is 1. The zero-order chi connectivity index (χ0) is 14.0. The van der Waals surface area contributed by atoms with Gasteiger partial charge < -0.3 is 15.3 Å². The van der Waals surface area contributed by atoms with Crippen molar-refractivity contribution >= 4 is 12.0 Å². The van der Waals surface area contributed by atoms with E-state index in [0.717, 1.165) is 5.56 Å². The number of aromatic nitrogens is 2. The van der Waals surface area contributed by atoms with Crippen molar-refractivity contribution in [3.8, 4) is 0 Å². The number of carbonyl (C=O) groups is 2. The zero-order valence-corrected chi connectivity index (χ0v) is 11.0. The van der Waals surface area contributed by atoms with Gasteiger partial charge in [-0.25, -0.2) is 4.79 Å². The third-order valence-corrected chi connectivity index (χ3v) is 3.42. The standard InChI is InChI=1S/C12H18N4O3/c1-8-5-16(7-10(8)11(17)18)12(19)13-3-9-4-14-15(2)6-9/h4,6,8,10H,3,5,7H2,1-2H3,(H,13,19)(H,17,18)/t8-,10-/m1/s1. The molecule has 0 spiro atoms. The molecule has 0 bridgehead atoms. The largest absolute Gasteiger partial charge is 0.481 e. The first-order chi connectivity index (χ1) is 8.97. The maximum atomic E-state index is 11.9. The number of carboxylic acids is 1. The second kappa shape index (κ2) is 5.29. The molecule has 2 amide bonds. The van der Waals surface area contributed by atoms with Gasteiger partial charge >= 0.3 is 12.0 Å². The molecule has 1 saturated heterocycles. The smallest absolute Gasteiger partial charge is 0.317 e. The van der Waals surface area contributed by atoms with Crippen LogP contribution in [-0.4, -0.2) is 44.9 Å². The average Bonchev–Trinajstić information content (AvgIpc) is 2.92. The molecular weight excluding hydrogens is 248 g/mol. The highest BCUT2D eigenvalue weighted by Gasteiger charge is 2.36. The summed E-state index contributed by atoms with van der Waals surface area (Å²) in [6.45, 7) is 3.01. The fraction of sp³-hybridized carbons (Fsp3) is 0.583. The van der Waals surface area contributed by atoms with Crippen molar-refractivity contribution in [3.63, 3.8) is 0 Å². The number of nitrogens with one attached hydrogen (secondary N) is 1. The maximum Gasteiger partial charge on any atom is 0.317 e. The van der Waals surface area contributed by atoms with Gasteiger partial charge in [-0.1, -0.05) is 6.92 Å². The Balaban J connectivity index is 1.86. The number of aryl methyl sites for hydroxylation is 1. The number of carboxylic acid groups (broad SMARTS) is 1. The molecule has 1 fully saturated rings. The summed E-state index contributed by atoms with van der Waals surface area (Å²) in [5.74, 6) is -1.32. The molecular formula is C12H18N4O3. The van der Waals surface area contributed by atoms with Crippen LogP contribution in [0.3, 0.4) is 0 Å². The Morgan fingerprint density at radius 3 is 2.79 bits per heavy atom. The third-order valence-electron chi connectivity index (χ3n) is 3.42. The Morgan fingerprint density at radius 1 is 1.53 bits per heavy atom. The number of hydrogen-bond acceptors (Lipinski definition) is 3. The second-order valence-electron chi connectivity index (χ2n) is 5.01. The summed E-state index contributed by atoms with van der Waals surface area (Å²) in [6, 6.07) is -0.223. The molecule has 1 aliphatic rings. The topological polar surface area (TPSA) is 87.5 Å². The molecule has 2 N–H and O–H groups in total. The van der Waals surface area contributed by atoms with Gasteiger partial charge in [0.15, 0.2) is 0 Å². The third kappa shape index (κ3) is 3.04. The first-order valence-electron chi connectivity index (χ1n) is 6.20. The van der Waals surface area contributed by atoms with Crippen LogP contribution < -0.4 is 5.32 Å². The average molecular weight is 266 g/mol. The molecule has 2 rings (SSSR count). The maximum absolute atomic E-state index is 11.9. The number of hydrogen-bond donors (Lipinski definition) is 2. The van der Waals surface area contributed by atoms with Crippen LogP contribution >= 0.6 is 0 Å². The quantitative estimate of drug-likeness (QED) is 0.822. The van der Waals surface area contributed by atoms with E-state index in [9.17, 15) is 9.59 Å². The summed E-state index contributed by atoms with van der Waals surface area (Å²) in [4.78, 5) is 24.5. The Kier molecular flexibility index (Phi) is 3.73. The van der Waals surface area contributed by atoms with Gasteiger partial charge in [0.1, 0.15) is 0 Å². The van der Waals surface area contributed by atoms with E-state index >= 15 is 0 Å². The molecule has 0 aromatic carbocycles. The van der Waals surface area contributed by atoms with E-state index in [2.05, 4.69) is 10.4 Å². The molecule has 0 unspecified atom stereocenters. The molecule has 1 aliphatic heterocycles. The SMILES string of the molecule is C[C@@H]1CN(C(=O)NCc2cnn(C)c2)C[C@H]1C(=O)O. The van der Waals surface area contributed by atoms with Crippen molar-refractivity contribution in [2.24, 2.45) is 18.9 Å². The van der Waals surface area contributed by atoms with Crippen molar-refractivity contribution in [2.45, 2.75) is 13.5 Å². The second-order valence-corrected chi connectivity index (χ2v) is 5.01. The Labute approximate surface area is 111 Å². The lowest BCUT2D eigenvalue weighted by Gasteiger charge is -2.16. The van der Waals surface area contributed by atoms with Crippen LogP contribution in [0.5, 0.6) is 0 Å². The monoisotopic (exact) mass is 266 g/mol. The van der Waals surface area contributed by atoms with Crippen molar-refractivity contribution in [2.75, 3.05) is 13.1 Å². The molecule has 0 aliphatic carbocycles. The molecule has 104 valence electrons. The number of aliphatic carboxylic acids is 1. The van der Waals surface area contributed by atoms with Gasteiger partial charge in [0.25, 0.3) is 0 Å². The van der Waals surface area contributed by atoms with E-state index in [0.29, 0.717) is 13.1 Å². The predicted molar refractivity (Wildman–Crippen MR) is 67.3 cm³/mol. The lowest BCUT2D eigenvalue weighted by molar-refractivity contribution is -0.142. The number of rotatable bonds is 3. The van der Waals surface area contributed by atoms with Crippen LogP contribution in [0.2, 0.25) is 0 Å². The molecule has 1 aromatic heterocycles. The minimum absolute atomic E-state index is 0.0124. The number of urea groups is 1. The number of nitrogens with zero attached hydrogens (tertiary/aromatic N) is 3. The van der Waals surface area contributed by atoms with Crippen LogP contribution in [-0.2, 0) is 18.4 Å². The van der Waals surface area contributed by atoms with Gasteiger partial charge in [0.2, 0.25) is 0 Å². The zero-order valence-electron chi connectivity index (χ0n) is 11.0. The summed E-state index contributed by atoms with van der Waals surface area (Å²) < 4.78 is 1.67. The highest BCUT2D eigenvalue weighted by atomic mass is 16.4. The van der Waals surface area contributed by atoms with Crippen LogP contribution in [0.25, 0.3) is 0 Å². The summed E-state index contributed by atoms with van der Waals surface area (Å²) in [5.41, 5.74) is 0.915. The van der Waals surface area contributed by atoms with Gasteiger partial charge in [-0.2, -0.15) is 5.10 Å². The molecule has 7 nitrogen and oxygen atoms in total. The van der Waals surface area contributed by atoms with E-state index in [1.54, 1.807) is 15.8 Å². The molecule has 2 atom stereocenters. The summed E-state index contributed by atoms with van der Waals surface area (Å²) >= 11 is 0. The van der Waals surface area contributed by atoms with Crippen molar-refractivity contribution in [1.29, 1.82) is 0 Å². The molecule has 19 heavy (non-hydrogen) atoms. The summed E-state index contributed by atoms with van der Waals surface area (Å²) in [7, 11) is 1.81. The number of carbonyl (C=O) groups excluding carboxylic acids is 1. The van der Waals surface area contributed by atoms with E-state index in [1.165, 1.54) is 0 Å². The van der Waals surface area contributed by atoms with E-state index in [-0.39, 0.29) is 18.5 Å². The van der Waals surface area contributed by atoms with Crippen molar-refractivity contribution in [1.82, 2.24) is 20.0 Å².